The fourth-order valence-corrected chi connectivity index (χ4v) is 3.85. The Balaban J connectivity index is 1.48. The lowest BCUT2D eigenvalue weighted by molar-refractivity contribution is 0.0992. The van der Waals surface area contributed by atoms with Crippen LogP contribution in [0.4, 0.5) is 5.95 Å². The molecule has 0 unspecified atom stereocenters. The van der Waals surface area contributed by atoms with Crippen molar-refractivity contribution in [1.29, 1.82) is 0 Å². The molecule has 0 spiro atoms. The quantitative estimate of drug-likeness (QED) is 0.582. The van der Waals surface area contributed by atoms with Crippen LogP contribution in [-0.4, -0.2) is 39.1 Å². The Morgan fingerprint density at radius 2 is 1.83 bits per heavy atom. The van der Waals surface area contributed by atoms with E-state index in [1.807, 2.05) is 38.1 Å². The fourth-order valence-electron chi connectivity index (χ4n) is 3.85. The molecular formula is C24H27N5O. The van der Waals surface area contributed by atoms with Gasteiger partial charge in [0.25, 0.3) is 5.95 Å². The summed E-state index contributed by atoms with van der Waals surface area (Å²) in [6.45, 7) is 8.55. The van der Waals surface area contributed by atoms with E-state index >= 15 is 0 Å². The lowest BCUT2D eigenvalue weighted by Crippen LogP contribution is -2.31. The normalized spacial score (nSPS) is 14.3. The van der Waals surface area contributed by atoms with Gasteiger partial charge in [-0.2, -0.15) is 4.80 Å². The molecule has 30 heavy (non-hydrogen) atoms. The molecular weight excluding hydrogens is 374 g/mol. The molecule has 3 aromatic rings. The summed E-state index contributed by atoms with van der Waals surface area (Å²) in [5, 5.41) is 12.7. The zero-order valence-electron chi connectivity index (χ0n) is 17.8. The third-order valence-electron chi connectivity index (χ3n) is 5.74. The topological polar surface area (TPSA) is 63.9 Å². The number of benzene rings is 2. The van der Waals surface area contributed by atoms with Gasteiger partial charge in [0.15, 0.2) is 5.78 Å². The van der Waals surface area contributed by atoms with E-state index in [1.54, 1.807) is 4.80 Å². The maximum atomic E-state index is 12.7. The molecule has 6 nitrogen and oxygen atoms in total. The summed E-state index contributed by atoms with van der Waals surface area (Å²) >= 11 is 0. The zero-order valence-corrected chi connectivity index (χ0v) is 17.8. The van der Waals surface area contributed by atoms with E-state index in [2.05, 4.69) is 51.5 Å². The lowest BCUT2D eigenvalue weighted by Gasteiger charge is -2.29. The van der Waals surface area contributed by atoms with E-state index in [0.717, 1.165) is 36.2 Å². The first-order valence-electron chi connectivity index (χ1n) is 10.4. The van der Waals surface area contributed by atoms with Gasteiger partial charge in [0.1, 0.15) is 0 Å². The predicted molar refractivity (Wildman–Crippen MR) is 119 cm³/mol. The Bertz CT molecular complexity index is 1080. The number of anilines is 1. The summed E-state index contributed by atoms with van der Waals surface area (Å²) in [6, 6.07) is 16.1. The molecule has 0 bridgehead atoms. The van der Waals surface area contributed by atoms with Crippen LogP contribution in [0.15, 0.2) is 54.1 Å². The molecule has 0 atom stereocenters. The molecule has 1 aliphatic heterocycles. The number of Topliss-reactive ketones (excluding diaryl/α,β-unsaturated/α-hetero) is 1. The van der Waals surface area contributed by atoms with Crippen LogP contribution < -0.4 is 4.90 Å². The van der Waals surface area contributed by atoms with Crippen molar-refractivity contribution in [3.8, 4) is 0 Å². The minimum atomic E-state index is 0.158. The summed E-state index contributed by atoms with van der Waals surface area (Å²) in [7, 11) is 0. The SMILES string of the molecule is CCn1nnc(N2CCC(C)=C(c3ccc(CC(=O)c4ccccc4C)cc3)C2)n1. The van der Waals surface area contributed by atoms with E-state index < -0.39 is 0 Å². The number of aryl methyl sites for hydroxylation is 2. The highest BCUT2D eigenvalue weighted by Gasteiger charge is 2.21. The number of ketones is 1. The van der Waals surface area contributed by atoms with Crippen molar-refractivity contribution in [2.45, 2.75) is 40.2 Å². The Hall–Kier alpha value is -3.28. The molecule has 154 valence electrons. The number of hydrogen-bond acceptors (Lipinski definition) is 5. The maximum absolute atomic E-state index is 12.7. The molecule has 0 saturated heterocycles. The van der Waals surface area contributed by atoms with Crippen molar-refractivity contribution < 1.29 is 4.79 Å². The van der Waals surface area contributed by atoms with E-state index in [-0.39, 0.29) is 5.78 Å². The van der Waals surface area contributed by atoms with Crippen LogP contribution in [0.1, 0.15) is 47.3 Å². The van der Waals surface area contributed by atoms with Gasteiger partial charge in [-0.1, -0.05) is 59.2 Å². The van der Waals surface area contributed by atoms with Crippen LogP contribution in [0.3, 0.4) is 0 Å². The Kier molecular flexibility index (Phi) is 5.74. The predicted octanol–water partition coefficient (Wildman–Crippen LogP) is 4.11. The molecule has 1 aromatic heterocycles. The highest BCUT2D eigenvalue weighted by molar-refractivity contribution is 5.98. The monoisotopic (exact) mass is 401 g/mol. The van der Waals surface area contributed by atoms with Crippen LogP contribution in [0.2, 0.25) is 0 Å². The van der Waals surface area contributed by atoms with Gasteiger partial charge in [-0.05, 0) is 54.7 Å². The minimum Gasteiger partial charge on any atom is -0.334 e. The van der Waals surface area contributed by atoms with Crippen molar-refractivity contribution in [3.63, 3.8) is 0 Å². The zero-order chi connectivity index (χ0) is 21.1. The summed E-state index contributed by atoms with van der Waals surface area (Å²) < 4.78 is 0. The number of rotatable bonds is 6. The number of carbonyl (C=O) groups excluding carboxylic acids is 1. The summed E-state index contributed by atoms with van der Waals surface area (Å²) in [6.07, 6.45) is 1.39. The molecule has 0 saturated carbocycles. The van der Waals surface area contributed by atoms with Gasteiger partial charge < -0.3 is 4.90 Å². The van der Waals surface area contributed by atoms with Gasteiger partial charge in [0.2, 0.25) is 0 Å². The third kappa shape index (κ3) is 4.17. The van der Waals surface area contributed by atoms with Gasteiger partial charge >= 0.3 is 0 Å². The van der Waals surface area contributed by atoms with E-state index in [9.17, 15) is 4.79 Å². The van der Waals surface area contributed by atoms with E-state index in [4.69, 9.17) is 0 Å². The van der Waals surface area contributed by atoms with Crippen LogP contribution in [-0.2, 0) is 13.0 Å². The van der Waals surface area contributed by atoms with Crippen molar-refractivity contribution >= 4 is 17.3 Å². The first-order valence-corrected chi connectivity index (χ1v) is 10.4. The highest BCUT2D eigenvalue weighted by Crippen LogP contribution is 2.28. The van der Waals surface area contributed by atoms with E-state index in [1.165, 1.54) is 16.7 Å². The van der Waals surface area contributed by atoms with Crippen LogP contribution in [0, 0.1) is 6.92 Å². The van der Waals surface area contributed by atoms with Gasteiger partial charge in [-0.3, -0.25) is 4.79 Å². The molecule has 6 heteroatoms. The molecule has 0 fully saturated rings. The summed E-state index contributed by atoms with van der Waals surface area (Å²) in [5.41, 5.74) is 6.73. The van der Waals surface area contributed by atoms with Crippen molar-refractivity contribution in [3.05, 3.63) is 76.4 Å². The fraction of sp³-hybridized carbons (Fsp3) is 0.333. The third-order valence-corrected chi connectivity index (χ3v) is 5.74. The van der Waals surface area contributed by atoms with Gasteiger partial charge in [-0.25, -0.2) is 0 Å². The smallest absolute Gasteiger partial charge is 0.266 e. The average molecular weight is 402 g/mol. The largest absolute Gasteiger partial charge is 0.334 e. The van der Waals surface area contributed by atoms with Gasteiger partial charge in [-0.15, -0.1) is 5.10 Å². The minimum absolute atomic E-state index is 0.158. The van der Waals surface area contributed by atoms with Gasteiger partial charge in [0.05, 0.1) is 6.54 Å². The Labute approximate surface area is 177 Å². The molecule has 0 N–H and O–H groups in total. The Morgan fingerprint density at radius 3 is 2.53 bits per heavy atom. The molecule has 1 aliphatic rings. The van der Waals surface area contributed by atoms with Gasteiger partial charge in [0, 0.05) is 25.1 Å². The number of aromatic nitrogens is 4. The first kappa shape index (κ1) is 20.0. The second-order valence-electron chi connectivity index (χ2n) is 7.82. The first-order chi connectivity index (χ1) is 14.5. The molecule has 0 radical (unpaired) electrons. The van der Waals surface area contributed by atoms with Crippen LogP contribution in [0.25, 0.3) is 5.57 Å². The summed E-state index contributed by atoms with van der Waals surface area (Å²) in [5.74, 6) is 0.840. The number of hydrogen-bond donors (Lipinski definition) is 0. The number of tetrazole rings is 1. The molecule has 0 aliphatic carbocycles. The van der Waals surface area contributed by atoms with Crippen molar-refractivity contribution in [1.82, 2.24) is 20.2 Å². The summed E-state index contributed by atoms with van der Waals surface area (Å²) in [4.78, 5) is 16.5. The molecule has 2 heterocycles. The van der Waals surface area contributed by atoms with Crippen molar-refractivity contribution in [2.75, 3.05) is 18.0 Å². The van der Waals surface area contributed by atoms with Crippen LogP contribution in [0.5, 0.6) is 0 Å². The van der Waals surface area contributed by atoms with E-state index in [0.29, 0.717) is 18.9 Å². The van der Waals surface area contributed by atoms with Crippen molar-refractivity contribution in [2.24, 2.45) is 0 Å². The highest BCUT2D eigenvalue weighted by atomic mass is 16.1. The molecule has 0 amide bonds. The standard InChI is InChI=1S/C24H27N5O/c1-4-29-26-24(25-27-29)28-14-13-18(3)22(16-28)20-11-9-19(10-12-20)15-23(30)21-8-6-5-7-17(21)2/h5-12H,4,13-16H2,1-3H3. The maximum Gasteiger partial charge on any atom is 0.266 e. The number of carbonyl (C=O) groups is 1. The molecule has 4 rings (SSSR count). The Morgan fingerprint density at radius 1 is 1.07 bits per heavy atom. The second-order valence-corrected chi connectivity index (χ2v) is 7.82. The average Bonchev–Trinajstić information content (AvgIpc) is 3.24. The lowest BCUT2D eigenvalue weighted by atomic mass is 9.93. The molecule has 2 aromatic carbocycles. The van der Waals surface area contributed by atoms with Crippen LogP contribution >= 0.6 is 0 Å². The second kappa shape index (κ2) is 8.61. The number of nitrogens with zero attached hydrogens (tertiary/aromatic N) is 5.